The van der Waals surface area contributed by atoms with E-state index < -0.39 is 10.9 Å². The fourth-order valence-corrected chi connectivity index (χ4v) is 1.96. The molecule has 0 bridgehead atoms. The number of hydrogen-bond donors (Lipinski definition) is 2. The van der Waals surface area contributed by atoms with Gasteiger partial charge >= 0.3 is 0 Å². The molecule has 0 atom stereocenters. The number of ketones is 1. The monoisotopic (exact) mass is 308 g/mol. The summed E-state index contributed by atoms with van der Waals surface area (Å²) in [6, 6.07) is 0. The zero-order valence-corrected chi connectivity index (χ0v) is 12.8. The summed E-state index contributed by atoms with van der Waals surface area (Å²) in [6.45, 7) is 3.00. The number of unbranched alkanes of at least 4 members (excludes halogenated alkanes) is 1. The van der Waals surface area contributed by atoms with E-state index >= 15 is 0 Å². The molecule has 0 aliphatic rings. The minimum absolute atomic E-state index is 0.0189. The topological polar surface area (TPSA) is 109 Å². The van der Waals surface area contributed by atoms with E-state index in [0.29, 0.717) is 30.4 Å². The summed E-state index contributed by atoms with van der Waals surface area (Å²) in [5, 5.41) is 5.00. The third kappa shape index (κ3) is 5.23. The third-order valence-corrected chi connectivity index (χ3v) is 3.38. The molecule has 0 fully saturated rings. The third-order valence-electron chi connectivity index (χ3n) is 3.38. The molecule has 0 heterocycles. The lowest BCUT2D eigenvalue weighted by Gasteiger charge is -2.08. The average molecular weight is 308 g/mol. The fraction of sp³-hybridized carbons (Fsp3) is 0.533. The van der Waals surface area contributed by atoms with E-state index in [2.05, 4.69) is 10.6 Å². The van der Waals surface area contributed by atoms with Gasteiger partial charge in [0.05, 0.1) is 6.54 Å². The van der Waals surface area contributed by atoms with Crippen LogP contribution in [-0.4, -0.2) is 24.1 Å². The highest BCUT2D eigenvalue weighted by Gasteiger charge is 2.16. The first-order valence-corrected chi connectivity index (χ1v) is 7.14. The summed E-state index contributed by atoms with van der Waals surface area (Å²) in [6.07, 6.45) is 1.67. The lowest BCUT2D eigenvalue weighted by Crippen LogP contribution is -2.41. The zero-order chi connectivity index (χ0) is 16.7. The zero-order valence-electron chi connectivity index (χ0n) is 12.8. The second-order valence-corrected chi connectivity index (χ2v) is 5.19. The van der Waals surface area contributed by atoms with Gasteiger partial charge in [-0.05, 0) is 19.8 Å². The van der Waals surface area contributed by atoms with Gasteiger partial charge in [-0.15, -0.1) is 0 Å². The predicted molar refractivity (Wildman–Crippen MR) is 80.1 cm³/mol. The Kier molecular flexibility index (Phi) is 6.62. The van der Waals surface area contributed by atoms with E-state index in [4.69, 9.17) is 0 Å². The second kappa shape index (κ2) is 8.21. The molecule has 0 spiro atoms. The Bertz CT molecular complexity index is 641. The summed E-state index contributed by atoms with van der Waals surface area (Å²) >= 11 is 0. The van der Waals surface area contributed by atoms with Gasteiger partial charge < -0.3 is 10.6 Å². The molecule has 0 unspecified atom stereocenters. The van der Waals surface area contributed by atoms with Crippen molar-refractivity contribution in [2.75, 3.05) is 6.54 Å². The van der Waals surface area contributed by atoms with Crippen molar-refractivity contribution in [3.8, 4) is 0 Å². The van der Waals surface area contributed by atoms with E-state index in [1.807, 2.05) is 0 Å². The molecule has 0 radical (unpaired) electrons. The molecule has 120 valence electrons. The molecular formula is C15H20N2O5. The summed E-state index contributed by atoms with van der Waals surface area (Å²) in [5.74, 6) is -0.543. The molecule has 0 saturated heterocycles. The fourth-order valence-electron chi connectivity index (χ4n) is 1.96. The molecule has 1 aromatic rings. The normalized spacial score (nSPS) is 10.5. The van der Waals surface area contributed by atoms with Crippen molar-refractivity contribution < 1.29 is 14.4 Å². The molecule has 7 nitrogen and oxygen atoms in total. The molecule has 22 heavy (non-hydrogen) atoms. The Morgan fingerprint density at radius 1 is 0.955 bits per heavy atom. The van der Waals surface area contributed by atoms with Crippen molar-refractivity contribution in [1.29, 1.82) is 0 Å². The molecule has 0 aliphatic carbocycles. The van der Waals surface area contributed by atoms with Gasteiger partial charge in [0.15, 0.2) is 5.78 Å². The lowest BCUT2D eigenvalue weighted by atomic mass is 10.0. The van der Waals surface area contributed by atoms with Crippen LogP contribution in [0.2, 0.25) is 0 Å². The van der Waals surface area contributed by atoms with Gasteiger partial charge in [-0.2, -0.15) is 0 Å². The van der Waals surface area contributed by atoms with Gasteiger partial charge in [-0.25, -0.2) is 0 Å². The van der Waals surface area contributed by atoms with Gasteiger partial charge in [0.25, 0.3) is 0 Å². The maximum absolute atomic E-state index is 11.6. The molecule has 1 rings (SSSR count). The van der Waals surface area contributed by atoms with E-state index in [-0.39, 0.29) is 37.1 Å². The van der Waals surface area contributed by atoms with Crippen molar-refractivity contribution in [2.45, 2.75) is 46.1 Å². The van der Waals surface area contributed by atoms with Gasteiger partial charge in [0.1, 0.15) is 0 Å². The van der Waals surface area contributed by atoms with Crippen LogP contribution in [0.25, 0.3) is 0 Å². The molecule has 2 N–H and O–H groups in total. The predicted octanol–water partition coefficient (Wildman–Crippen LogP) is -0.527. The van der Waals surface area contributed by atoms with Crippen LogP contribution >= 0.6 is 0 Å². The van der Waals surface area contributed by atoms with Crippen molar-refractivity contribution in [2.24, 2.45) is 0 Å². The van der Waals surface area contributed by atoms with Crippen molar-refractivity contribution in [1.82, 2.24) is 10.6 Å². The van der Waals surface area contributed by atoms with Crippen molar-refractivity contribution in [3.05, 3.63) is 31.6 Å². The summed E-state index contributed by atoms with van der Waals surface area (Å²) in [7, 11) is 0. The van der Waals surface area contributed by atoms with Crippen molar-refractivity contribution in [3.63, 3.8) is 0 Å². The molecule has 0 saturated carbocycles. The number of rotatable bonds is 9. The Morgan fingerprint density at radius 3 is 2.18 bits per heavy atom. The summed E-state index contributed by atoms with van der Waals surface area (Å²) in [4.78, 5) is 55.8. The summed E-state index contributed by atoms with van der Waals surface area (Å²) < 4.78 is 0. The Morgan fingerprint density at radius 2 is 1.59 bits per heavy atom. The van der Waals surface area contributed by atoms with E-state index in [1.165, 1.54) is 6.92 Å². The SMILES string of the molecule is CC(=O)NCC(=O)CCCCC(=O)NCc1c(C)c(=O)c1=O. The first-order chi connectivity index (χ1) is 10.3. The van der Waals surface area contributed by atoms with E-state index in [9.17, 15) is 24.0 Å². The van der Waals surface area contributed by atoms with Crippen LogP contribution in [-0.2, 0) is 20.9 Å². The maximum atomic E-state index is 11.6. The van der Waals surface area contributed by atoms with Crippen LogP contribution in [0, 0.1) is 6.92 Å². The molecule has 0 aliphatic heterocycles. The Labute approximate surface area is 127 Å². The smallest absolute Gasteiger partial charge is 0.231 e. The van der Waals surface area contributed by atoms with Crippen LogP contribution in [0.5, 0.6) is 0 Å². The van der Waals surface area contributed by atoms with Gasteiger partial charge in [-0.1, -0.05) is 0 Å². The van der Waals surface area contributed by atoms with Crippen LogP contribution in [0.15, 0.2) is 9.59 Å². The van der Waals surface area contributed by atoms with Crippen molar-refractivity contribution >= 4 is 17.6 Å². The summed E-state index contributed by atoms with van der Waals surface area (Å²) in [5.41, 5.74) is -0.235. The number of nitrogens with one attached hydrogen (secondary N) is 2. The van der Waals surface area contributed by atoms with Gasteiger partial charge in [-0.3, -0.25) is 24.0 Å². The minimum atomic E-state index is -0.527. The highest BCUT2D eigenvalue weighted by Crippen LogP contribution is 2.02. The second-order valence-electron chi connectivity index (χ2n) is 5.19. The Hall–Kier alpha value is -2.31. The number of carbonyl (C=O) groups is 3. The van der Waals surface area contributed by atoms with Crippen LogP contribution in [0.4, 0.5) is 0 Å². The average Bonchev–Trinajstić information content (AvgIpc) is 2.49. The standard InChI is InChI=1S/C15H20N2O5/c1-9-12(15(22)14(9)21)8-17-13(20)6-4-3-5-11(19)7-16-10(2)18/h3-8H2,1-2H3,(H,16,18)(H,17,20). The van der Waals surface area contributed by atoms with Crippen LogP contribution < -0.4 is 21.5 Å². The lowest BCUT2D eigenvalue weighted by molar-refractivity contribution is -0.124. The molecule has 1 aromatic carbocycles. The molecule has 2 amide bonds. The highest BCUT2D eigenvalue weighted by atomic mass is 16.2. The first kappa shape index (κ1) is 17.7. The number of carbonyl (C=O) groups excluding carboxylic acids is 3. The molecule has 7 heteroatoms. The minimum Gasteiger partial charge on any atom is -0.352 e. The number of hydrogen-bond acceptors (Lipinski definition) is 5. The van der Waals surface area contributed by atoms with E-state index in [1.54, 1.807) is 6.92 Å². The van der Waals surface area contributed by atoms with Gasteiger partial charge in [0.2, 0.25) is 22.7 Å². The quantitative estimate of drug-likeness (QED) is 0.471. The highest BCUT2D eigenvalue weighted by molar-refractivity contribution is 5.85. The first-order valence-electron chi connectivity index (χ1n) is 7.14. The van der Waals surface area contributed by atoms with Gasteiger partial charge in [0, 0.05) is 37.4 Å². The Balaban J connectivity index is 2.14. The number of Topliss-reactive ketones (excluding diaryl/α,β-unsaturated/α-hetero) is 1. The maximum Gasteiger partial charge on any atom is 0.231 e. The van der Waals surface area contributed by atoms with Crippen LogP contribution in [0.1, 0.15) is 43.7 Å². The largest absolute Gasteiger partial charge is 0.352 e. The van der Waals surface area contributed by atoms with E-state index in [0.717, 1.165) is 0 Å². The van der Waals surface area contributed by atoms with Crippen LogP contribution in [0.3, 0.4) is 0 Å². The molecular weight excluding hydrogens is 288 g/mol. The molecule has 0 aromatic heterocycles. The number of amides is 2.